The summed E-state index contributed by atoms with van der Waals surface area (Å²) in [5, 5.41) is 3.15. The van der Waals surface area contributed by atoms with Crippen molar-refractivity contribution in [1.82, 2.24) is 5.32 Å². The lowest BCUT2D eigenvalue weighted by molar-refractivity contribution is -0.125. The van der Waals surface area contributed by atoms with Crippen LogP contribution in [0.3, 0.4) is 0 Å². The molecule has 0 heterocycles. The van der Waals surface area contributed by atoms with Gasteiger partial charge in [-0.3, -0.25) is 4.79 Å². The molecular formula is C19H26ClNO5. The van der Waals surface area contributed by atoms with Gasteiger partial charge in [-0.2, -0.15) is 0 Å². The van der Waals surface area contributed by atoms with Crippen LogP contribution >= 0.6 is 11.6 Å². The van der Waals surface area contributed by atoms with Gasteiger partial charge in [0.2, 0.25) is 0 Å². The number of hydrogen-bond acceptors (Lipinski definition) is 5. The maximum absolute atomic E-state index is 12.2. The van der Waals surface area contributed by atoms with Gasteiger partial charge < -0.3 is 19.5 Å². The van der Waals surface area contributed by atoms with E-state index in [9.17, 15) is 9.59 Å². The van der Waals surface area contributed by atoms with Gasteiger partial charge >= 0.3 is 5.97 Å². The molecule has 0 saturated heterocycles. The standard InChI is InChI=1S/C19H26ClNO5/c1-12(2)26-18-15(20)9-13(10-16(18)24-3)19(23)25-11-17(22)21-14-7-5-4-6-8-14/h9-10,12,14H,4-8,11H2,1-3H3,(H,21,22). The summed E-state index contributed by atoms with van der Waals surface area (Å²) < 4.78 is 16.0. The Morgan fingerprint density at radius 3 is 2.54 bits per heavy atom. The van der Waals surface area contributed by atoms with Crippen molar-refractivity contribution in [2.75, 3.05) is 13.7 Å². The molecule has 0 bridgehead atoms. The molecule has 0 unspecified atom stereocenters. The number of benzene rings is 1. The normalized spacial score (nSPS) is 14.8. The lowest BCUT2D eigenvalue weighted by atomic mass is 9.95. The molecule has 0 radical (unpaired) electrons. The molecule has 1 fully saturated rings. The minimum atomic E-state index is -0.639. The van der Waals surface area contributed by atoms with Gasteiger partial charge in [0.25, 0.3) is 5.91 Å². The fraction of sp³-hybridized carbons (Fsp3) is 0.579. The Morgan fingerprint density at radius 1 is 1.23 bits per heavy atom. The molecule has 0 aliphatic heterocycles. The SMILES string of the molecule is COc1cc(C(=O)OCC(=O)NC2CCCCC2)cc(Cl)c1OC(C)C. The quantitative estimate of drug-likeness (QED) is 0.726. The van der Waals surface area contributed by atoms with Crippen molar-refractivity contribution >= 4 is 23.5 Å². The van der Waals surface area contributed by atoms with Crippen LogP contribution < -0.4 is 14.8 Å². The zero-order valence-corrected chi connectivity index (χ0v) is 16.2. The van der Waals surface area contributed by atoms with E-state index in [2.05, 4.69) is 5.32 Å². The van der Waals surface area contributed by atoms with E-state index in [0.717, 1.165) is 25.7 Å². The second kappa shape index (κ2) is 9.67. The van der Waals surface area contributed by atoms with Gasteiger partial charge in [0, 0.05) is 6.04 Å². The number of amides is 1. The predicted molar refractivity (Wildman–Crippen MR) is 99.1 cm³/mol. The van der Waals surface area contributed by atoms with Crippen LogP contribution in [0.15, 0.2) is 12.1 Å². The second-order valence-corrected chi connectivity index (χ2v) is 7.04. The maximum atomic E-state index is 12.2. The van der Waals surface area contributed by atoms with Gasteiger partial charge in [0.1, 0.15) is 0 Å². The maximum Gasteiger partial charge on any atom is 0.338 e. The molecule has 6 nitrogen and oxygen atoms in total. The predicted octanol–water partition coefficient (Wildman–Crippen LogP) is 3.74. The number of carbonyl (C=O) groups is 2. The first-order chi connectivity index (χ1) is 12.4. The summed E-state index contributed by atoms with van der Waals surface area (Å²) in [4.78, 5) is 24.2. The monoisotopic (exact) mass is 383 g/mol. The number of halogens is 1. The lowest BCUT2D eigenvalue weighted by Gasteiger charge is -2.22. The van der Waals surface area contributed by atoms with Crippen molar-refractivity contribution in [1.29, 1.82) is 0 Å². The van der Waals surface area contributed by atoms with Gasteiger partial charge in [-0.05, 0) is 38.8 Å². The number of esters is 1. The molecule has 2 rings (SSSR count). The van der Waals surface area contributed by atoms with E-state index < -0.39 is 5.97 Å². The van der Waals surface area contributed by atoms with E-state index in [1.165, 1.54) is 25.7 Å². The Hall–Kier alpha value is -1.95. The Bertz CT molecular complexity index is 641. The van der Waals surface area contributed by atoms with Crippen LogP contribution in [0.25, 0.3) is 0 Å². The Kier molecular flexibility index (Phi) is 7.57. The molecule has 1 aromatic rings. The molecule has 1 aromatic carbocycles. The first-order valence-electron chi connectivity index (χ1n) is 8.91. The van der Waals surface area contributed by atoms with Crippen LogP contribution in [0.5, 0.6) is 11.5 Å². The Morgan fingerprint density at radius 2 is 1.92 bits per heavy atom. The Balaban J connectivity index is 1.96. The number of nitrogens with one attached hydrogen (secondary N) is 1. The highest BCUT2D eigenvalue weighted by atomic mass is 35.5. The molecule has 1 N–H and O–H groups in total. The van der Waals surface area contributed by atoms with E-state index in [1.807, 2.05) is 13.8 Å². The Labute approximate surface area is 159 Å². The van der Waals surface area contributed by atoms with Crippen molar-refractivity contribution in [2.45, 2.75) is 58.1 Å². The summed E-state index contributed by atoms with van der Waals surface area (Å²) in [6, 6.07) is 3.12. The van der Waals surface area contributed by atoms with Crippen LogP contribution in [0.1, 0.15) is 56.3 Å². The number of carbonyl (C=O) groups excluding carboxylic acids is 2. The third-order valence-corrected chi connectivity index (χ3v) is 4.40. The van der Waals surface area contributed by atoms with Gasteiger partial charge in [-0.1, -0.05) is 30.9 Å². The molecule has 0 spiro atoms. The van der Waals surface area contributed by atoms with Crippen molar-refractivity contribution in [3.63, 3.8) is 0 Å². The van der Waals surface area contributed by atoms with E-state index in [0.29, 0.717) is 11.5 Å². The molecule has 7 heteroatoms. The fourth-order valence-corrected chi connectivity index (χ4v) is 3.17. The zero-order valence-electron chi connectivity index (χ0n) is 15.5. The van der Waals surface area contributed by atoms with Gasteiger partial charge in [-0.15, -0.1) is 0 Å². The van der Waals surface area contributed by atoms with E-state index in [-0.39, 0.29) is 35.2 Å². The fourth-order valence-electron chi connectivity index (χ4n) is 2.92. The molecule has 1 aliphatic carbocycles. The third-order valence-electron chi connectivity index (χ3n) is 4.12. The van der Waals surface area contributed by atoms with E-state index in [1.54, 1.807) is 0 Å². The first-order valence-corrected chi connectivity index (χ1v) is 9.29. The van der Waals surface area contributed by atoms with Crippen molar-refractivity contribution < 1.29 is 23.8 Å². The average Bonchev–Trinajstić information content (AvgIpc) is 2.61. The second-order valence-electron chi connectivity index (χ2n) is 6.63. The molecule has 144 valence electrons. The number of rotatable bonds is 7. The molecule has 1 aliphatic rings. The van der Waals surface area contributed by atoms with Gasteiger partial charge in [0.05, 0.1) is 23.8 Å². The minimum Gasteiger partial charge on any atom is -0.493 e. The van der Waals surface area contributed by atoms with Crippen LogP contribution in [-0.4, -0.2) is 37.7 Å². The number of methoxy groups -OCH3 is 1. The topological polar surface area (TPSA) is 73.9 Å². The van der Waals surface area contributed by atoms with Crippen molar-refractivity contribution in [3.8, 4) is 11.5 Å². The van der Waals surface area contributed by atoms with Crippen LogP contribution in [0.4, 0.5) is 0 Å². The summed E-state index contributed by atoms with van der Waals surface area (Å²) in [5.41, 5.74) is 0.202. The summed E-state index contributed by atoms with van der Waals surface area (Å²) >= 11 is 6.20. The number of hydrogen-bond donors (Lipinski definition) is 1. The molecular weight excluding hydrogens is 358 g/mol. The molecule has 0 atom stereocenters. The van der Waals surface area contributed by atoms with E-state index in [4.69, 9.17) is 25.8 Å². The summed E-state index contributed by atoms with van der Waals surface area (Å²) in [5.74, 6) is -0.219. The minimum absolute atomic E-state index is 0.0947. The van der Waals surface area contributed by atoms with Crippen LogP contribution in [0.2, 0.25) is 5.02 Å². The summed E-state index contributed by atoms with van der Waals surface area (Å²) in [6.45, 7) is 3.41. The smallest absolute Gasteiger partial charge is 0.338 e. The lowest BCUT2D eigenvalue weighted by Crippen LogP contribution is -2.38. The molecule has 1 saturated carbocycles. The van der Waals surface area contributed by atoms with Crippen molar-refractivity contribution in [3.05, 3.63) is 22.7 Å². The van der Waals surface area contributed by atoms with Crippen LogP contribution in [-0.2, 0) is 9.53 Å². The summed E-state index contributed by atoms with van der Waals surface area (Å²) in [7, 11) is 1.46. The highest BCUT2D eigenvalue weighted by Crippen LogP contribution is 2.37. The molecule has 1 amide bonds. The zero-order chi connectivity index (χ0) is 19.1. The molecule has 0 aromatic heterocycles. The van der Waals surface area contributed by atoms with E-state index >= 15 is 0 Å². The average molecular weight is 384 g/mol. The van der Waals surface area contributed by atoms with Gasteiger partial charge in [-0.25, -0.2) is 4.79 Å². The molecule has 26 heavy (non-hydrogen) atoms. The van der Waals surface area contributed by atoms with Crippen molar-refractivity contribution in [2.24, 2.45) is 0 Å². The van der Waals surface area contributed by atoms with Gasteiger partial charge in [0.15, 0.2) is 18.1 Å². The summed E-state index contributed by atoms with van der Waals surface area (Å²) in [6.07, 6.45) is 5.30. The first kappa shape index (κ1) is 20.4. The highest BCUT2D eigenvalue weighted by Gasteiger charge is 2.20. The third kappa shape index (κ3) is 5.80. The number of ether oxygens (including phenoxy) is 3. The van der Waals surface area contributed by atoms with Crippen LogP contribution in [0, 0.1) is 0 Å². The highest BCUT2D eigenvalue weighted by molar-refractivity contribution is 6.32. The largest absolute Gasteiger partial charge is 0.493 e.